The van der Waals surface area contributed by atoms with Crippen molar-refractivity contribution in [3.63, 3.8) is 0 Å². The first-order valence-corrected chi connectivity index (χ1v) is 5.51. The van der Waals surface area contributed by atoms with Gasteiger partial charge in [0.05, 0.1) is 17.2 Å². The van der Waals surface area contributed by atoms with Crippen molar-refractivity contribution in [3.05, 3.63) is 65.2 Å². The van der Waals surface area contributed by atoms with Gasteiger partial charge in [-0.2, -0.15) is 5.26 Å². The number of nitrogens with zero attached hydrogens (tertiary/aromatic N) is 1. The third-order valence-corrected chi connectivity index (χ3v) is 2.65. The Morgan fingerprint density at radius 1 is 1.11 bits per heavy atom. The minimum Gasteiger partial charge on any atom is -0.507 e. The number of hydrogen-bond donors (Lipinski definition) is 1. The maximum absolute atomic E-state index is 12.0. The van der Waals surface area contributed by atoms with E-state index in [1.165, 1.54) is 6.07 Å². The summed E-state index contributed by atoms with van der Waals surface area (Å²) >= 11 is 0. The summed E-state index contributed by atoms with van der Waals surface area (Å²) in [5, 5.41) is 18.3. The van der Waals surface area contributed by atoms with Crippen LogP contribution in [0, 0.1) is 11.3 Å². The van der Waals surface area contributed by atoms with Crippen LogP contribution in [-0.4, -0.2) is 10.9 Å². The molecule has 0 saturated carbocycles. The van der Waals surface area contributed by atoms with Crippen LogP contribution in [0.5, 0.6) is 5.75 Å². The Morgan fingerprint density at radius 3 is 2.39 bits per heavy atom. The fourth-order valence-electron chi connectivity index (χ4n) is 1.69. The number of benzene rings is 2. The molecule has 0 aliphatic rings. The minimum atomic E-state index is -0.141. The van der Waals surface area contributed by atoms with E-state index in [1.807, 2.05) is 6.07 Å². The van der Waals surface area contributed by atoms with Gasteiger partial charge in [-0.1, -0.05) is 24.3 Å². The number of phenols is 1. The highest BCUT2D eigenvalue weighted by Gasteiger charge is 2.10. The number of phenolic OH excluding ortho intramolecular Hbond substituents is 1. The quantitative estimate of drug-likeness (QED) is 0.835. The summed E-state index contributed by atoms with van der Waals surface area (Å²) in [4.78, 5) is 12.0. The molecular weight excluding hydrogens is 226 g/mol. The maximum atomic E-state index is 12.0. The summed E-state index contributed by atoms with van der Waals surface area (Å²) < 4.78 is 0. The van der Waals surface area contributed by atoms with E-state index in [9.17, 15) is 9.90 Å². The molecule has 0 bridgehead atoms. The molecule has 0 unspecified atom stereocenters. The van der Waals surface area contributed by atoms with Crippen molar-refractivity contribution in [1.82, 2.24) is 0 Å². The van der Waals surface area contributed by atoms with E-state index in [4.69, 9.17) is 5.26 Å². The van der Waals surface area contributed by atoms with Crippen LogP contribution in [-0.2, 0) is 6.42 Å². The molecule has 3 nitrogen and oxygen atoms in total. The zero-order valence-corrected chi connectivity index (χ0v) is 9.63. The Morgan fingerprint density at radius 2 is 1.78 bits per heavy atom. The van der Waals surface area contributed by atoms with Gasteiger partial charge in [0.15, 0.2) is 5.78 Å². The molecule has 0 saturated heterocycles. The molecule has 3 heteroatoms. The van der Waals surface area contributed by atoms with Gasteiger partial charge in [-0.25, -0.2) is 0 Å². The molecule has 0 aromatic heterocycles. The highest BCUT2D eigenvalue weighted by Crippen LogP contribution is 2.18. The van der Waals surface area contributed by atoms with E-state index in [1.54, 1.807) is 42.5 Å². The zero-order valence-electron chi connectivity index (χ0n) is 9.63. The van der Waals surface area contributed by atoms with Crippen molar-refractivity contribution in [2.45, 2.75) is 6.42 Å². The van der Waals surface area contributed by atoms with Crippen molar-refractivity contribution in [1.29, 1.82) is 5.26 Å². The van der Waals surface area contributed by atoms with Crippen molar-refractivity contribution in [3.8, 4) is 11.8 Å². The first kappa shape index (κ1) is 11.9. The monoisotopic (exact) mass is 237 g/mol. The van der Waals surface area contributed by atoms with Crippen LogP contribution in [0.25, 0.3) is 0 Å². The minimum absolute atomic E-state index is 0.00357. The summed E-state index contributed by atoms with van der Waals surface area (Å²) in [7, 11) is 0. The van der Waals surface area contributed by atoms with Crippen LogP contribution >= 0.6 is 0 Å². The molecule has 0 fully saturated rings. The largest absolute Gasteiger partial charge is 0.507 e. The molecule has 0 heterocycles. The van der Waals surface area contributed by atoms with Crippen molar-refractivity contribution in [2.24, 2.45) is 0 Å². The van der Waals surface area contributed by atoms with Gasteiger partial charge in [0.1, 0.15) is 5.75 Å². The lowest BCUT2D eigenvalue weighted by Crippen LogP contribution is -2.03. The van der Waals surface area contributed by atoms with Gasteiger partial charge in [0, 0.05) is 6.42 Å². The highest BCUT2D eigenvalue weighted by molar-refractivity contribution is 5.99. The number of para-hydroxylation sites is 1. The van der Waals surface area contributed by atoms with E-state index < -0.39 is 0 Å². The number of nitriles is 1. The maximum Gasteiger partial charge on any atom is 0.170 e. The average Bonchev–Trinajstić information content (AvgIpc) is 2.40. The van der Waals surface area contributed by atoms with Crippen LogP contribution in [0.2, 0.25) is 0 Å². The summed E-state index contributed by atoms with van der Waals surface area (Å²) in [6.07, 6.45) is 0.212. The number of aromatic hydroxyl groups is 1. The fraction of sp³-hybridized carbons (Fsp3) is 0.0667. The van der Waals surface area contributed by atoms with Crippen LogP contribution in [0.15, 0.2) is 48.5 Å². The van der Waals surface area contributed by atoms with Crippen LogP contribution in [0.3, 0.4) is 0 Å². The first-order chi connectivity index (χ1) is 8.70. The van der Waals surface area contributed by atoms with E-state index in [2.05, 4.69) is 0 Å². The lowest BCUT2D eigenvalue weighted by atomic mass is 10.0. The van der Waals surface area contributed by atoms with Crippen LogP contribution in [0.1, 0.15) is 21.5 Å². The van der Waals surface area contributed by atoms with E-state index in [-0.39, 0.29) is 18.0 Å². The van der Waals surface area contributed by atoms with Crippen molar-refractivity contribution < 1.29 is 9.90 Å². The predicted molar refractivity (Wildman–Crippen MR) is 67.3 cm³/mol. The van der Waals surface area contributed by atoms with E-state index in [0.717, 1.165) is 5.56 Å². The standard InChI is InChI=1S/C15H11NO2/c16-10-12-7-5-11(6-8-12)9-15(18)13-3-1-2-4-14(13)17/h1-8,17H,9H2. The van der Waals surface area contributed by atoms with E-state index >= 15 is 0 Å². The van der Waals surface area contributed by atoms with Gasteiger partial charge in [0.2, 0.25) is 0 Å². The second-order valence-corrected chi connectivity index (χ2v) is 3.93. The number of carbonyl (C=O) groups is 1. The van der Waals surface area contributed by atoms with Gasteiger partial charge >= 0.3 is 0 Å². The van der Waals surface area contributed by atoms with Crippen LogP contribution in [0.4, 0.5) is 0 Å². The lowest BCUT2D eigenvalue weighted by Gasteiger charge is -2.03. The lowest BCUT2D eigenvalue weighted by molar-refractivity contribution is 0.0990. The number of carbonyl (C=O) groups excluding carboxylic acids is 1. The van der Waals surface area contributed by atoms with Crippen LogP contribution < -0.4 is 0 Å². The van der Waals surface area contributed by atoms with Gasteiger partial charge in [-0.15, -0.1) is 0 Å². The Bertz CT molecular complexity index is 609. The Hall–Kier alpha value is -2.60. The Kier molecular flexibility index (Phi) is 3.40. The zero-order chi connectivity index (χ0) is 13.0. The Balaban J connectivity index is 2.17. The van der Waals surface area contributed by atoms with Crippen molar-refractivity contribution >= 4 is 5.78 Å². The summed E-state index contributed by atoms with van der Waals surface area (Å²) in [6, 6.07) is 15.3. The normalized spacial score (nSPS) is 9.72. The van der Waals surface area contributed by atoms with E-state index in [0.29, 0.717) is 11.1 Å². The molecule has 2 aromatic carbocycles. The number of ketones is 1. The van der Waals surface area contributed by atoms with Gasteiger partial charge < -0.3 is 5.11 Å². The van der Waals surface area contributed by atoms with Gasteiger partial charge in [0.25, 0.3) is 0 Å². The number of rotatable bonds is 3. The summed E-state index contributed by atoms with van der Waals surface area (Å²) in [6.45, 7) is 0. The van der Waals surface area contributed by atoms with Gasteiger partial charge in [-0.3, -0.25) is 4.79 Å². The Labute approximate surface area is 105 Å². The molecule has 0 spiro atoms. The third kappa shape index (κ3) is 2.55. The molecule has 2 aromatic rings. The third-order valence-electron chi connectivity index (χ3n) is 2.65. The van der Waals surface area contributed by atoms with Gasteiger partial charge in [-0.05, 0) is 29.8 Å². The molecule has 1 N–H and O–H groups in total. The molecule has 88 valence electrons. The number of Topliss-reactive ketones (excluding diaryl/α,β-unsaturated/α-hetero) is 1. The summed E-state index contributed by atoms with van der Waals surface area (Å²) in [5.74, 6) is -0.144. The predicted octanol–water partition coefficient (Wildman–Crippen LogP) is 2.69. The SMILES string of the molecule is N#Cc1ccc(CC(=O)c2ccccc2O)cc1. The fourth-order valence-corrected chi connectivity index (χ4v) is 1.69. The molecule has 18 heavy (non-hydrogen) atoms. The highest BCUT2D eigenvalue weighted by atomic mass is 16.3. The number of hydrogen-bond acceptors (Lipinski definition) is 3. The molecule has 0 radical (unpaired) electrons. The smallest absolute Gasteiger partial charge is 0.170 e. The topological polar surface area (TPSA) is 61.1 Å². The molecule has 2 rings (SSSR count). The second-order valence-electron chi connectivity index (χ2n) is 3.93. The molecule has 0 amide bonds. The van der Waals surface area contributed by atoms with Crippen molar-refractivity contribution in [2.75, 3.05) is 0 Å². The molecule has 0 atom stereocenters. The molecule has 0 aliphatic carbocycles. The molecular formula is C15H11NO2. The summed E-state index contributed by atoms with van der Waals surface area (Å²) in [5.41, 5.74) is 1.71. The second kappa shape index (κ2) is 5.15. The average molecular weight is 237 g/mol. The molecule has 0 aliphatic heterocycles. The first-order valence-electron chi connectivity index (χ1n) is 5.51.